The molecule has 2 aromatic rings. The van der Waals surface area contributed by atoms with E-state index in [9.17, 15) is 4.79 Å². The number of hydrogen-bond donors (Lipinski definition) is 1. The number of rotatable bonds is 3. The van der Waals surface area contributed by atoms with Gasteiger partial charge in [-0.1, -0.05) is 54.1 Å². The standard InChI is InChI=1S/C16H16ClNOS/c1-16(20-15(19)18-2,12-6-4-3-5-7-12)13-8-10-14(17)11-9-13/h3-11H,1-2H3,(H,18,19)/t16-/m0/s1. The van der Waals surface area contributed by atoms with Gasteiger partial charge in [0.1, 0.15) is 0 Å². The molecule has 1 amide bonds. The highest BCUT2D eigenvalue weighted by Gasteiger charge is 2.32. The predicted octanol–water partition coefficient (Wildman–Crippen LogP) is 4.68. The van der Waals surface area contributed by atoms with E-state index in [-0.39, 0.29) is 5.24 Å². The molecule has 0 unspecified atom stereocenters. The average molecular weight is 306 g/mol. The van der Waals surface area contributed by atoms with Gasteiger partial charge in [0.05, 0.1) is 4.75 Å². The summed E-state index contributed by atoms with van der Waals surface area (Å²) >= 11 is 7.22. The fourth-order valence-corrected chi connectivity index (χ4v) is 3.15. The second-order valence-corrected chi connectivity index (χ2v) is 6.37. The average Bonchev–Trinajstić information content (AvgIpc) is 2.48. The first-order valence-electron chi connectivity index (χ1n) is 6.28. The zero-order valence-electron chi connectivity index (χ0n) is 11.4. The van der Waals surface area contributed by atoms with Crippen molar-refractivity contribution in [1.82, 2.24) is 5.32 Å². The van der Waals surface area contributed by atoms with Crippen LogP contribution in [-0.2, 0) is 4.75 Å². The predicted molar refractivity (Wildman–Crippen MR) is 86.4 cm³/mol. The van der Waals surface area contributed by atoms with E-state index in [2.05, 4.69) is 5.32 Å². The Morgan fingerprint density at radius 2 is 1.60 bits per heavy atom. The molecule has 0 bridgehead atoms. The lowest BCUT2D eigenvalue weighted by molar-refractivity contribution is 0.262. The smallest absolute Gasteiger partial charge is 0.279 e. The van der Waals surface area contributed by atoms with Gasteiger partial charge in [-0.3, -0.25) is 4.79 Å². The highest BCUT2D eigenvalue weighted by atomic mass is 35.5. The van der Waals surface area contributed by atoms with Gasteiger partial charge in [-0.05, 0) is 41.9 Å². The summed E-state index contributed by atoms with van der Waals surface area (Å²) in [7, 11) is 1.64. The maximum atomic E-state index is 11.9. The number of carbonyl (C=O) groups excluding carboxylic acids is 1. The van der Waals surface area contributed by atoms with Crippen LogP contribution in [0.1, 0.15) is 18.1 Å². The van der Waals surface area contributed by atoms with E-state index in [1.807, 2.05) is 61.5 Å². The number of halogens is 1. The van der Waals surface area contributed by atoms with Crippen molar-refractivity contribution in [2.75, 3.05) is 7.05 Å². The van der Waals surface area contributed by atoms with Crippen molar-refractivity contribution in [2.45, 2.75) is 11.7 Å². The van der Waals surface area contributed by atoms with Gasteiger partial charge in [-0.15, -0.1) is 0 Å². The molecule has 20 heavy (non-hydrogen) atoms. The number of benzene rings is 2. The first kappa shape index (κ1) is 14.9. The first-order chi connectivity index (χ1) is 9.56. The Labute approximate surface area is 128 Å². The molecule has 2 nitrogen and oxygen atoms in total. The van der Waals surface area contributed by atoms with Crippen LogP contribution in [0.2, 0.25) is 5.02 Å². The molecule has 0 heterocycles. The summed E-state index contributed by atoms with van der Waals surface area (Å²) in [6, 6.07) is 17.6. The van der Waals surface area contributed by atoms with Crippen LogP contribution in [0, 0.1) is 0 Å². The molecule has 4 heteroatoms. The number of hydrogen-bond acceptors (Lipinski definition) is 2. The first-order valence-corrected chi connectivity index (χ1v) is 7.48. The summed E-state index contributed by atoms with van der Waals surface area (Å²) in [6.45, 7) is 2.05. The second kappa shape index (κ2) is 6.33. The molecule has 0 spiro atoms. The van der Waals surface area contributed by atoms with Gasteiger partial charge in [-0.25, -0.2) is 0 Å². The summed E-state index contributed by atoms with van der Waals surface area (Å²) in [6.07, 6.45) is 0. The van der Waals surface area contributed by atoms with Gasteiger partial charge < -0.3 is 5.32 Å². The number of nitrogens with one attached hydrogen (secondary N) is 1. The van der Waals surface area contributed by atoms with Crippen molar-refractivity contribution in [1.29, 1.82) is 0 Å². The minimum Gasteiger partial charge on any atom is -0.350 e. The molecule has 0 fully saturated rings. The fraction of sp³-hybridized carbons (Fsp3) is 0.188. The molecule has 2 aromatic carbocycles. The van der Waals surface area contributed by atoms with Gasteiger partial charge in [0.2, 0.25) is 0 Å². The van der Waals surface area contributed by atoms with Gasteiger partial charge >= 0.3 is 0 Å². The van der Waals surface area contributed by atoms with Crippen LogP contribution >= 0.6 is 23.4 Å². The van der Waals surface area contributed by atoms with E-state index >= 15 is 0 Å². The summed E-state index contributed by atoms with van der Waals surface area (Å²) in [5.41, 5.74) is 2.12. The number of thioether (sulfide) groups is 1. The molecule has 0 aliphatic heterocycles. The highest BCUT2D eigenvalue weighted by Crippen LogP contribution is 2.42. The van der Waals surface area contributed by atoms with E-state index in [1.165, 1.54) is 11.8 Å². The maximum absolute atomic E-state index is 11.9. The van der Waals surface area contributed by atoms with Crippen molar-refractivity contribution < 1.29 is 4.79 Å². The molecule has 0 saturated carbocycles. The fourth-order valence-electron chi connectivity index (χ4n) is 2.05. The van der Waals surface area contributed by atoms with Crippen LogP contribution in [-0.4, -0.2) is 12.3 Å². The largest absolute Gasteiger partial charge is 0.350 e. The highest BCUT2D eigenvalue weighted by molar-refractivity contribution is 8.14. The molecule has 0 aliphatic carbocycles. The van der Waals surface area contributed by atoms with Crippen LogP contribution in [0.4, 0.5) is 4.79 Å². The Kier molecular flexibility index (Phi) is 4.73. The van der Waals surface area contributed by atoms with Crippen LogP contribution < -0.4 is 5.32 Å². The third-order valence-electron chi connectivity index (χ3n) is 3.22. The van der Waals surface area contributed by atoms with Gasteiger partial charge in [0, 0.05) is 12.1 Å². The Morgan fingerprint density at radius 3 is 2.15 bits per heavy atom. The van der Waals surface area contributed by atoms with Crippen LogP contribution in [0.15, 0.2) is 54.6 Å². The molecule has 0 aromatic heterocycles. The molecule has 1 N–H and O–H groups in total. The van der Waals surface area contributed by atoms with Gasteiger partial charge in [0.15, 0.2) is 0 Å². The van der Waals surface area contributed by atoms with Crippen LogP contribution in [0.25, 0.3) is 0 Å². The monoisotopic (exact) mass is 305 g/mol. The van der Waals surface area contributed by atoms with E-state index in [0.717, 1.165) is 11.1 Å². The molecule has 0 radical (unpaired) electrons. The normalized spacial score (nSPS) is 13.6. The van der Waals surface area contributed by atoms with Crippen molar-refractivity contribution in [3.05, 3.63) is 70.7 Å². The number of carbonyl (C=O) groups is 1. The molecular formula is C16H16ClNOS. The van der Waals surface area contributed by atoms with Gasteiger partial charge in [-0.2, -0.15) is 0 Å². The Balaban J connectivity index is 2.48. The zero-order valence-corrected chi connectivity index (χ0v) is 13.0. The second-order valence-electron chi connectivity index (χ2n) is 4.55. The molecular weight excluding hydrogens is 290 g/mol. The number of amides is 1. The molecule has 0 saturated heterocycles. The Morgan fingerprint density at radius 1 is 1.05 bits per heavy atom. The third-order valence-corrected chi connectivity index (χ3v) is 4.74. The van der Waals surface area contributed by atoms with Crippen molar-refractivity contribution >= 4 is 28.6 Å². The maximum Gasteiger partial charge on any atom is 0.279 e. The quantitative estimate of drug-likeness (QED) is 0.892. The lowest BCUT2D eigenvalue weighted by Gasteiger charge is -2.29. The van der Waals surface area contributed by atoms with Gasteiger partial charge in [0.25, 0.3) is 5.24 Å². The summed E-state index contributed by atoms with van der Waals surface area (Å²) in [5, 5.41) is 3.29. The molecule has 1 atom stereocenters. The zero-order chi connectivity index (χ0) is 14.6. The van der Waals surface area contributed by atoms with Crippen molar-refractivity contribution in [2.24, 2.45) is 0 Å². The lowest BCUT2D eigenvalue weighted by atomic mass is 9.92. The van der Waals surface area contributed by atoms with Crippen molar-refractivity contribution in [3.63, 3.8) is 0 Å². The topological polar surface area (TPSA) is 29.1 Å². The summed E-state index contributed by atoms with van der Waals surface area (Å²) in [4.78, 5) is 11.9. The van der Waals surface area contributed by atoms with E-state index in [4.69, 9.17) is 11.6 Å². The van der Waals surface area contributed by atoms with E-state index in [1.54, 1.807) is 7.05 Å². The van der Waals surface area contributed by atoms with Crippen LogP contribution in [0.5, 0.6) is 0 Å². The Hall–Kier alpha value is -1.45. The Bertz CT molecular complexity index is 585. The minimum absolute atomic E-state index is 0.0636. The van der Waals surface area contributed by atoms with Crippen LogP contribution in [0.3, 0.4) is 0 Å². The SMILES string of the molecule is CNC(=O)S[C@@](C)(c1ccccc1)c1ccc(Cl)cc1. The van der Waals surface area contributed by atoms with Crippen molar-refractivity contribution in [3.8, 4) is 0 Å². The van der Waals surface area contributed by atoms with E-state index < -0.39 is 4.75 Å². The molecule has 2 rings (SSSR count). The third kappa shape index (κ3) is 3.17. The van der Waals surface area contributed by atoms with E-state index in [0.29, 0.717) is 5.02 Å². The summed E-state index contributed by atoms with van der Waals surface area (Å²) in [5.74, 6) is 0. The summed E-state index contributed by atoms with van der Waals surface area (Å²) < 4.78 is -0.452. The molecule has 0 aliphatic rings. The molecule has 104 valence electrons. The lowest BCUT2D eigenvalue weighted by Crippen LogP contribution is -2.25. The minimum atomic E-state index is -0.452.